The van der Waals surface area contributed by atoms with Gasteiger partial charge in [-0.15, -0.1) is 0 Å². The van der Waals surface area contributed by atoms with Crippen LogP contribution in [0, 0.1) is 0 Å². The van der Waals surface area contributed by atoms with Crippen molar-refractivity contribution in [2.75, 3.05) is 23.4 Å². The number of carbonyl (C=O) groups is 1. The summed E-state index contributed by atoms with van der Waals surface area (Å²) in [4.78, 5) is 28.0. The summed E-state index contributed by atoms with van der Waals surface area (Å²) in [5.41, 5.74) is 6.45. The number of benzene rings is 1. The Morgan fingerprint density at radius 3 is 2.87 bits per heavy atom. The first-order chi connectivity index (χ1) is 14.8. The minimum Gasteiger partial charge on any atom is -0.491 e. The highest BCUT2D eigenvalue weighted by Crippen LogP contribution is 2.41. The van der Waals surface area contributed by atoms with Crippen molar-refractivity contribution in [1.82, 2.24) is 9.55 Å². The predicted octanol–water partition coefficient (Wildman–Crippen LogP) is 2.02. The minimum atomic E-state index is -2.79. The summed E-state index contributed by atoms with van der Waals surface area (Å²) in [5.74, 6) is 1.45. The molecule has 0 radical (unpaired) electrons. The highest BCUT2D eigenvalue weighted by atomic mass is 35.5. The number of rotatable bonds is 5. The van der Waals surface area contributed by atoms with Gasteiger partial charge in [0.05, 0.1) is 12.1 Å². The van der Waals surface area contributed by atoms with Crippen molar-refractivity contribution >= 4 is 35.0 Å². The predicted molar refractivity (Wildman–Crippen MR) is 108 cm³/mol. The summed E-state index contributed by atoms with van der Waals surface area (Å²) in [6.45, 7) is 1.77. The topological polar surface area (TPSA) is 112 Å². The monoisotopic (exact) mass is 453 g/mol. The third-order valence-electron chi connectivity index (χ3n) is 5.04. The number of anilines is 2. The first-order valence-electron chi connectivity index (χ1n) is 9.36. The van der Waals surface area contributed by atoms with Crippen LogP contribution in [0.4, 0.5) is 20.3 Å². The zero-order valence-corrected chi connectivity index (χ0v) is 17.0. The molecule has 0 saturated carbocycles. The molecule has 2 atom stereocenters. The Balaban J connectivity index is 1.76. The quantitative estimate of drug-likeness (QED) is 0.666. The molecule has 164 valence electrons. The third-order valence-corrected chi connectivity index (χ3v) is 5.41. The molecule has 1 aromatic carbocycles. The van der Waals surface area contributed by atoms with E-state index >= 15 is 0 Å². The second kappa shape index (κ2) is 8.09. The van der Waals surface area contributed by atoms with E-state index in [9.17, 15) is 18.4 Å². The number of aromatic nitrogens is 2. The zero-order valence-electron chi connectivity index (χ0n) is 16.3. The van der Waals surface area contributed by atoms with Gasteiger partial charge in [0.25, 0.3) is 12.3 Å². The average Bonchev–Trinajstić information content (AvgIpc) is 3.24. The lowest BCUT2D eigenvalue weighted by atomic mass is 10.1. The van der Waals surface area contributed by atoms with Crippen LogP contribution in [0.5, 0.6) is 5.75 Å². The van der Waals surface area contributed by atoms with Crippen molar-refractivity contribution in [1.29, 1.82) is 0 Å². The van der Waals surface area contributed by atoms with Gasteiger partial charge in [0.2, 0.25) is 5.91 Å². The van der Waals surface area contributed by atoms with Gasteiger partial charge in [0.1, 0.15) is 36.9 Å². The molecule has 9 nitrogen and oxygen atoms in total. The van der Waals surface area contributed by atoms with Crippen molar-refractivity contribution in [2.45, 2.75) is 32.0 Å². The van der Waals surface area contributed by atoms with Gasteiger partial charge in [0, 0.05) is 11.8 Å². The number of hydrogen-bond donors (Lipinski definition) is 2. The maximum Gasteiger partial charge on any atom is 0.284 e. The molecule has 4 rings (SSSR count). The molecule has 0 bridgehead atoms. The number of nitrogens with zero attached hydrogens (tertiary/aromatic N) is 3. The Labute approximate surface area is 180 Å². The van der Waals surface area contributed by atoms with Gasteiger partial charge in [-0.25, -0.2) is 18.6 Å². The van der Waals surface area contributed by atoms with Crippen LogP contribution >= 0.6 is 11.6 Å². The Morgan fingerprint density at radius 1 is 1.42 bits per heavy atom. The molecule has 2 aliphatic rings. The van der Waals surface area contributed by atoms with Crippen LogP contribution in [-0.4, -0.2) is 53.1 Å². The van der Waals surface area contributed by atoms with Gasteiger partial charge in [-0.3, -0.25) is 9.69 Å². The summed E-state index contributed by atoms with van der Waals surface area (Å²) in [5, 5.41) is 3.04. The molecule has 1 fully saturated rings. The first kappa shape index (κ1) is 21.0. The van der Waals surface area contributed by atoms with Crippen molar-refractivity contribution in [3.05, 3.63) is 29.2 Å². The second-order valence-electron chi connectivity index (χ2n) is 7.02. The number of fused-ring (bicyclic) bond motifs is 3. The number of alkyl halides is 2. The SMILES string of the molecule is C[C@H](Nc1ccc2c(c1)OCCn1c-2nc(N2C(=C=O)OC[C@H]2C(F)F)c1Cl)C(N)=O. The number of ether oxygens (including phenoxy) is 2. The van der Waals surface area contributed by atoms with Crippen LogP contribution in [0.1, 0.15) is 6.92 Å². The lowest BCUT2D eigenvalue weighted by molar-refractivity contribution is -0.118. The molecule has 0 spiro atoms. The molecular weight excluding hydrogens is 436 g/mol. The second-order valence-corrected chi connectivity index (χ2v) is 7.38. The Hall–Kier alpha value is -3.30. The van der Waals surface area contributed by atoms with E-state index in [2.05, 4.69) is 10.3 Å². The number of imidazole rings is 1. The fraction of sp³-hybridized carbons (Fsp3) is 0.368. The van der Waals surface area contributed by atoms with Gasteiger partial charge in [-0.05, 0) is 19.1 Å². The van der Waals surface area contributed by atoms with Crippen LogP contribution < -0.4 is 20.7 Å². The number of nitrogens with one attached hydrogen (secondary N) is 1. The largest absolute Gasteiger partial charge is 0.491 e. The molecule has 3 N–H and O–H groups in total. The molecule has 2 aliphatic heterocycles. The maximum atomic E-state index is 13.5. The van der Waals surface area contributed by atoms with Gasteiger partial charge < -0.3 is 25.1 Å². The fourth-order valence-electron chi connectivity index (χ4n) is 3.44. The Kier molecular flexibility index (Phi) is 5.47. The first-order valence-corrected chi connectivity index (χ1v) is 9.74. The summed E-state index contributed by atoms with van der Waals surface area (Å²) < 4.78 is 39.5. The van der Waals surface area contributed by atoms with E-state index in [1.165, 1.54) is 5.94 Å². The van der Waals surface area contributed by atoms with E-state index in [-0.39, 0.29) is 24.2 Å². The lowest BCUT2D eigenvalue weighted by Gasteiger charge is -2.20. The number of hydrogen-bond acceptors (Lipinski definition) is 7. The molecule has 1 amide bonds. The standard InChI is InChI=1S/C19H18ClF2N5O4/c1-9(17(23)29)24-10-2-3-11-13(6-10)30-5-4-26-15(20)19(25-18(11)26)27-12(16(21)22)8-31-14(27)7-28/h2-3,6,9,12,16,24H,4-5,8H2,1H3,(H2,23,29)/t9-,12-/m0/s1. The molecule has 3 heterocycles. The number of carbonyl (C=O) groups excluding carboxylic acids is 2. The minimum absolute atomic E-state index is 0.0183. The fourth-order valence-corrected chi connectivity index (χ4v) is 3.74. The summed E-state index contributed by atoms with van der Waals surface area (Å²) in [6.07, 6.45) is -2.79. The lowest BCUT2D eigenvalue weighted by Crippen LogP contribution is -2.36. The number of nitrogens with two attached hydrogens (primary N) is 1. The van der Waals surface area contributed by atoms with Crippen molar-refractivity contribution < 1.29 is 27.8 Å². The average molecular weight is 454 g/mol. The van der Waals surface area contributed by atoms with E-state index < -0.39 is 30.3 Å². The molecular formula is C19H18ClF2N5O4. The van der Waals surface area contributed by atoms with Gasteiger partial charge in [0.15, 0.2) is 16.9 Å². The van der Waals surface area contributed by atoms with Gasteiger partial charge >= 0.3 is 0 Å². The van der Waals surface area contributed by atoms with E-state index in [0.29, 0.717) is 29.4 Å². The highest BCUT2D eigenvalue weighted by molar-refractivity contribution is 6.32. The normalized spacial score (nSPS) is 18.4. The highest BCUT2D eigenvalue weighted by Gasteiger charge is 2.42. The molecule has 1 saturated heterocycles. The molecule has 0 unspecified atom stereocenters. The third kappa shape index (κ3) is 3.66. The van der Waals surface area contributed by atoms with Crippen molar-refractivity contribution in [2.24, 2.45) is 5.73 Å². The van der Waals surface area contributed by atoms with Gasteiger partial charge in [-0.1, -0.05) is 11.6 Å². The number of halogens is 3. The summed E-state index contributed by atoms with van der Waals surface area (Å²) in [6, 6.07) is 3.09. The van der Waals surface area contributed by atoms with Gasteiger partial charge in [-0.2, -0.15) is 0 Å². The number of amides is 1. The number of primary amides is 1. The van der Waals surface area contributed by atoms with Crippen molar-refractivity contribution in [3.63, 3.8) is 0 Å². The molecule has 31 heavy (non-hydrogen) atoms. The maximum absolute atomic E-state index is 13.5. The van der Waals surface area contributed by atoms with E-state index in [4.69, 9.17) is 26.8 Å². The van der Waals surface area contributed by atoms with E-state index in [1.54, 1.807) is 29.7 Å². The van der Waals surface area contributed by atoms with Crippen LogP contribution in [-0.2, 0) is 20.9 Å². The van der Waals surface area contributed by atoms with E-state index in [0.717, 1.165) is 4.90 Å². The summed E-state index contributed by atoms with van der Waals surface area (Å²) >= 11 is 6.48. The summed E-state index contributed by atoms with van der Waals surface area (Å²) in [7, 11) is 0. The van der Waals surface area contributed by atoms with Crippen LogP contribution in [0.25, 0.3) is 11.4 Å². The molecule has 12 heteroatoms. The van der Waals surface area contributed by atoms with Crippen LogP contribution in [0.3, 0.4) is 0 Å². The molecule has 1 aromatic heterocycles. The van der Waals surface area contributed by atoms with Crippen LogP contribution in [0.15, 0.2) is 24.1 Å². The smallest absolute Gasteiger partial charge is 0.284 e. The van der Waals surface area contributed by atoms with Crippen LogP contribution in [0.2, 0.25) is 5.15 Å². The Bertz CT molecular complexity index is 1090. The Morgan fingerprint density at radius 2 is 2.19 bits per heavy atom. The zero-order chi connectivity index (χ0) is 22.3. The van der Waals surface area contributed by atoms with Crippen molar-refractivity contribution in [3.8, 4) is 17.1 Å². The molecule has 2 aromatic rings. The molecule has 0 aliphatic carbocycles. The van der Waals surface area contributed by atoms with E-state index in [1.807, 2.05) is 0 Å².